The number of urea groups is 1. The number of hydrogen-bond donors (Lipinski definition) is 2. The van der Waals surface area contributed by atoms with Crippen LogP contribution in [0.25, 0.3) is 0 Å². The number of benzene rings is 1. The first-order chi connectivity index (χ1) is 12.0. The molecule has 0 unspecified atom stereocenters. The molecule has 0 aromatic heterocycles. The smallest absolute Gasteiger partial charge is 0.321 e. The van der Waals surface area contributed by atoms with E-state index in [1.165, 1.54) is 0 Å². The van der Waals surface area contributed by atoms with Gasteiger partial charge >= 0.3 is 12.0 Å². The van der Waals surface area contributed by atoms with Crippen molar-refractivity contribution < 1.29 is 28.6 Å². The van der Waals surface area contributed by atoms with Crippen LogP contribution in [0, 0.1) is 0 Å². The Labute approximate surface area is 145 Å². The molecule has 1 aromatic rings. The minimum absolute atomic E-state index is 0.0951. The molecule has 8 nitrogen and oxygen atoms in total. The third kappa shape index (κ3) is 6.70. The van der Waals surface area contributed by atoms with Crippen molar-refractivity contribution in [3.8, 4) is 11.5 Å². The van der Waals surface area contributed by atoms with E-state index in [-0.39, 0.29) is 12.5 Å². The molecule has 0 atom stereocenters. The second-order valence-corrected chi connectivity index (χ2v) is 5.68. The fourth-order valence-electron chi connectivity index (χ4n) is 2.09. The maximum Gasteiger partial charge on any atom is 0.321 e. The lowest BCUT2D eigenvalue weighted by Gasteiger charge is -2.09. The van der Waals surface area contributed by atoms with Gasteiger partial charge in [0.25, 0.3) is 5.91 Å². The van der Waals surface area contributed by atoms with E-state index in [0.717, 1.165) is 18.4 Å². The molecule has 0 radical (unpaired) electrons. The van der Waals surface area contributed by atoms with Crippen molar-refractivity contribution in [2.75, 3.05) is 20.8 Å². The average Bonchev–Trinajstić information content (AvgIpc) is 3.41. The van der Waals surface area contributed by atoms with Gasteiger partial charge in [0.15, 0.2) is 6.61 Å². The summed E-state index contributed by atoms with van der Waals surface area (Å²) in [5.41, 5.74) is 0.849. The van der Waals surface area contributed by atoms with Gasteiger partial charge in [-0.1, -0.05) is 0 Å². The third-order valence-electron chi connectivity index (χ3n) is 3.56. The highest BCUT2D eigenvalue weighted by atomic mass is 16.5. The normalized spacial score (nSPS) is 12.9. The molecule has 0 aliphatic heterocycles. The van der Waals surface area contributed by atoms with E-state index in [1.807, 2.05) is 0 Å². The second-order valence-electron chi connectivity index (χ2n) is 5.68. The number of methoxy groups -OCH3 is 2. The van der Waals surface area contributed by atoms with Crippen LogP contribution in [0.1, 0.15) is 24.8 Å². The Kier molecular flexibility index (Phi) is 6.62. The molecular weight excluding hydrogens is 328 g/mol. The zero-order chi connectivity index (χ0) is 18.2. The molecule has 0 bridgehead atoms. The largest absolute Gasteiger partial charge is 0.497 e. The number of imide groups is 1. The summed E-state index contributed by atoms with van der Waals surface area (Å²) >= 11 is 0. The van der Waals surface area contributed by atoms with Crippen molar-refractivity contribution in [1.82, 2.24) is 10.6 Å². The van der Waals surface area contributed by atoms with Gasteiger partial charge in [-0.3, -0.25) is 14.9 Å². The van der Waals surface area contributed by atoms with Crippen LogP contribution in [0.15, 0.2) is 18.2 Å². The Morgan fingerprint density at radius 2 is 1.72 bits per heavy atom. The van der Waals surface area contributed by atoms with Crippen LogP contribution in [0.4, 0.5) is 4.79 Å². The van der Waals surface area contributed by atoms with E-state index in [9.17, 15) is 14.4 Å². The Hall–Kier alpha value is -2.77. The molecule has 1 fully saturated rings. The molecule has 1 saturated carbocycles. The van der Waals surface area contributed by atoms with E-state index < -0.39 is 24.5 Å². The fraction of sp³-hybridized carbons (Fsp3) is 0.471. The van der Waals surface area contributed by atoms with Gasteiger partial charge in [-0.15, -0.1) is 0 Å². The fourth-order valence-corrected chi connectivity index (χ4v) is 2.09. The molecule has 1 aromatic carbocycles. The van der Waals surface area contributed by atoms with Gasteiger partial charge in [0.1, 0.15) is 11.5 Å². The number of carbonyl (C=O) groups excluding carboxylic acids is 3. The predicted molar refractivity (Wildman–Crippen MR) is 88.5 cm³/mol. The summed E-state index contributed by atoms with van der Waals surface area (Å²) in [6, 6.07) is 4.91. The van der Waals surface area contributed by atoms with Gasteiger partial charge in [-0.2, -0.15) is 0 Å². The molecule has 136 valence electrons. The molecule has 0 saturated heterocycles. The highest BCUT2D eigenvalue weighted by Crippen LogP contribution is 2.23. The molecular formula is C17H22N2O6. The highest BCUT2D eigenvalue weighted by molar-refractivity contribution is 5.95. The van der Waals surface area contributed by atoms with Gasteiger partial charge in [-0.05, 0) is 37.0 Å². The molecule has 2 N–H and O–H groups in total. The zero-order valence-corrected chi connectivity index (χ0v) is 14.3. The van der Waals surface area contributed by atoms with Crippen molar-refractivity contribution >= 4 is 17.9 Å². The van der Waals surface area contributed by atoms with Crippen LogP contribution >= 0.6 is 0 Å². The molecule has 8 heteroatoms. The first-order valence-electron chi connectivity index (χ1n) is 7.98. The van der Waals surface area contributed by atoms with Crippen molar-refractivity contribution in [2.45, 2.75) is 31.7 Å². The number of nitrogens with one attached hydrogen (secondary N) is 2. The minimum Gasteiger partial charge on any atom is -0.497 e. The molecule has 3 amide bonds. The van der Waals surface area contributed by atoms with E-state index in [2.05, 4.69) is 10.6 Å². The second kappa shape index (κ2) is 8.91. The van der Waals surface area contributed by atoms with Crippen LogP contribution in [0.3, 0.4) is 0 Å². The molecule has 0 spiro atoms. The Morgan fingerprint density at radius 1 is 1.08 bits per heavy atom. The van der Waals surface area contributed by atoms with Gasteiger partial charge < -0.3 is 19.5 Å². The first-order valence-corrected chi connectivity index (χ1v) is 7.98. The maximum absolute atomic E-state index is 11.7. The minimum atomic E-state index is -0.658. The van der Waals surface area contributed by atoms with E-state index in [4.69, 9.17) is 14.2 Å². The molecule has 25 heavy (non-hydrogen) atoms. The number of ether oxygens (including phenoxy) is 3. The lowest BCUT2D eigenvalue weighted by atomic mass is 10.1. The number of aryl methyl sites for hydroxylation is 1. The summed E-state index contributed by atoms with van der Waals surface area (Å²) in [4.78, 5) is 34.6. The van der Waals surface area contributed by atoms with Crippen molar-refractivity contribution in [2.24, 2.45) is 0 Å². The van der Waals surface area contributed by atoms with Crippen LogP contribution < -0.4 is 20.1 Å². The summed E-state index contributed by atoms with van der Waals surface area (Å²) in [7, 11) is 3.09. The standard InChI is InChI=1S/C17H22N2O6/c1-23-13-7-11(8-14(9-13)24-2)3-6-16(21)25-10-15(20)19-17(22)18-12-4-5-12/h7-9,12H,3-6,10H2,1-2H3,(H2,18,19,20,22). The highest BCUT2D eigenvalue weighted by Gasteiger charge is 2.24. The zero-order valence-electron chi connectivity index (χ0n) is 14.3. The van der Waals surface area contributed by atoms with Crippen LogP contribution in [0.2, 0.25) is 0 Å². The van der Waals surface area contributed by atoms with Gasteiger partial charge in [0.2, 0.25) is 0 Å². The third-order valence-corrected chi connectivity index (χ3v) is 3.56. The van der Waals surface area contributed by atoms with Crippen molar-refractivity contribution in [1.29, 1.82) is 0 Å². The number of esters is 1. The lowest BCUT2D eigenvalue weighted by molar-refractivity contribution is -0.148. The number of carbonyl (C=O) groups is 3. The first kappa shape index (κ1) is 18.6. The van der Waals surface area contributed by atoms with E-state index in [0.29, 0.717) is 17.9 Å². The Balaban J connectivity index is 1.71. The Bertz CT molecular complexity index is 620. The van der Waals surface area contributed by atoms with Gasteiger partial charge in [-0.25, -0.2) is 4.79 Å². The van der Waals surface area contributed by atoms with E-state index >= 15 is 0 Å². The summed E-state index contributed by atoms with van der Waals surface area (Å²) in [6.45, 7) is -0.488. The average molecular weight is 350 g/mol. The quantitative estimate of drug-likeness (QED) is 0.682. The number of amides is 3. The maximum atomic E-state index is 11.7. The monoisotopic (exact) mass is 350 g/mol. The molecule has 2 rings (SSSR count). The molecule has 0 heterocycles. The number of hydrogen-bond acceptors (Lipinski definition) is 6. The van der Waals surface area contributed by atoms with Crippen molar-refractivity contribution in [3.05, 3.63) is 23.8 Å². The SMILES string of the molecule is COc1cc(CCC(=O)OCC(=O)NC(=O)NC2CC2)cc(OC)c1. The van der Waals surface area contributed by atoms with E-state index in [1.54, 1.807) is 32.4 Å². The summed E-state index contributed by atoms with van der Waals surface area (Å²) < 4.78 is 15.2. The summed E-state index contributed by atoms with van der Waals surface area (Å²) in [6.07, 6.45) is 2.35. The summed E-state index contributed by atoms with van der Waals surface area (Å²) in [5.74, 6) is 0.0710. The summed E-state index contributed by atoms with van der Waals surface area (Å²) in [5, 5.41) is 4.72. The van der Waals surface area contributed by atoms with Crippen LogP contribution in [-0.2, 0) is 20.7 Å². The Morgan fingerprint density at radius 3 is 2.28 bits per heavy atom. The van der Waals surface area contributed by atoms with Crippen molar-refractivity contribution in [3.63, 3.8) is 0 Å². The molecule has 1 aliphatic carbocycles. The van der Waals surface area contributed by atoms with Crippen LogP contribution in [0.5, 0.6) is 11.5 Å². The molecule has 1 aliphatic rings. The van der Waals surface area contributed by atoms with Gasteiger partial charge in [0, 0.05) is 18.5 Å². The topological polar surface area (TPSA) is 103 Å². The van der Waals surface area contributed by atoms with Gasteiger partial charge in [0.05, 0.1) is 14.2 Å². The lowest BCUT2D eigenvalue weighted by Crippen LogP contribution is -2.42. The predicted octanol–water partition coefficient (Wildman–Crippen LogP) is 1.17. The number of rotatable bonds is 8. The van der Waals surface area contributed by atoms with Crippen LogP contribution in [-0.4, -0.2) is 44.8 Å².